The molecule has 0 saturated carbocycles. The fourth-order valence-electron chi connectivity index (χ4n) is 1.92. The molecule has 1 aromatic carbocycles. The van der Waals surface area contributed by atoms with Crippen LogP contribution in [0.3, 0.4) is 0 Å². The monoisotopic (exact) mass is 267 g/mol. The molecule has 2 aromatic rings. The third-order valence-electron chi connectivity index (χ3n) is 2.81. The molecule has 18 heavy (non-hydrogen) atoms. The molecule has 0 spiro atoms. The molecule has 1 aromatic heterocycles. The Balaban J connectivity index is 2.41. The van der Waals surface area contributed by atoms with Gasteiger partial charge in [-0.1, -0.05) is 17.7 Å². The van der Waals surface area contributed by atoms with Crippen molar-refractivity contribution in [3.05, 3.63) is 52.6 Å². The first-order chi connectivity index (χ1) is 8.50. The van der Waals surface area contributed by atoms with Gasteiger partial charge in [0.1, 0.15) is 5.82 Å². The Morgan fingerprint density at radius 1 is 1.33 bits per heavy atom. The van der Waals surface area contributed by atoms with Gasteiger partial charge in [-0.25, -0.2) is 4.39 Å². The van der Waals surface area contributed by atoms with Crippen LogP contribution in [0.5, 0.6) is 0 Å². The van der Waals surface area contributed by atoms with Crippen molar-refractivity contribution in [2.45, 2.75) is 25.9 Å². The molecule has 0 radical (unpaired) electrons. The summed E-state index contributed by atoms with van der Waals surface area (Å²) < 4.78 is 15.6. The average Bonchev–Trinajstić information content (AvgIpc) is 2.77. The van der Waals surface area contributed by atoms with Gasteiger partial charge in [0.15, 0.2) is 0 Å². The third-order valence-corrected chi connectivity index (χ3v) is 3.04. The second-order valence-electron chi connectivity index (χ2n) is 4.44. The molecule has 0 bridgehead atoms. The Morgan fingerprint density at radius 3 is 2.67 bits per heavy atom. The fourth-order valence-corrected chi connectivity index (χ4v) is 2.07. The second-order valence-corrected chi connectivity index (χ2v) is 4.87. The van der Waals surface area contributed by atoms with E-state index in [1.165, 1.54) is 6.07 Å². The highest BCUT2D eigenvalue weighted by Crippen LogP contribution is 2.25. The van der Waals surface area contributed by atoms with Crippen molar-refractivity contribution in [1.29, 1.82) is 0 Å². The molecule has 0 fully saturated rings. The van der Waals surface area contributed by atoms with Crippen molar-refractivity contribution in [3.8, 4) is 0 Å². The van der Waals surface area contributed by atoms with Gasteiger partial charge in [0.2, 0.25) is 0 Å². The van der Waals surface area contributed by atoms with Crippen molar-refractivity contribution in [3.63, 3.8) is 0 Å². The largest absolute Gasteiger partial charge is 0.319 e. The average molecular weight is 268 g/mol. The van der Waals surface area contributed by atoms with Crippen molar-refractivity contribution in [2.24, 2.45) is 5.73 Å². The lowest BCUT2D eigenvalue weighted by atomic mass is 10.0. The van der Waals surface area contributed by atoms with E-state index in [4.69, 9.17) is 17.3 Å². The summed E-state index contributed by atoms with van der Waals surface area (Å²) in [5.41, 5.74) is 7.31. The molecule has 5 heteroatoms. The molecular formula is C13H15ClFN3. The van der Waals surface area contributed by atoms with Gasteiger partial charge in [-0.2, -0.15) is 5.10 Å². The number of nitrogens with two attached hydrogens (primary N) is 1. The number of hydrogen-bond donors (Lipinski definition) is 1. The summed E-state index contributed by atoms with van der Waals surface area (Å²) in [4.78, 5) is 0. The Labute approximate surface area is 110 Å². The van der Waals surface area contributed by atoms with Gasteiger partial charge >= 0.3 is 0 Å². The smallest absolute Gasteiger partial charge is 0.129 e. The second kappa shape index (κ2) is 5.08. The number of rotatable bonds is 3. The molecule has 2 N–H and O–H groups in total. The van der Waals surface area contributed by atoms with Crippen LogP contribution in [0.15, 0.2) is 30.5 Å². The zero-order valence-electron chi connectivity index (χ0n) is 10.3. The van der Waals surface area contributed by atoms with Crippen LogP contribution in [0.1, 0.15) is 37.2 Å². The van der Waals surface area contributed by atoms with Crippen LogP contribution in [0.2, 0.25) is 5.02 Å². The van der Waals surface area contributed by atoms with E-state index >= 15 is 0 Å². The third kappa shape index (κ3) is 2.40. The molecule has 1 heterocycles. The summed E-state index contributed by atoms with van der Waals surface area (Å²) in [6.45, 7) is 4.00. The number of aromatic nitrogens is 2. The number of nitrogens with zero attached hydrogens (tertiary/aromatic N) is 2. The Kier molecular flexibility index (Phi) is 3.68. The van der Waals surface area contributed by atoms with Crippen molar-refractivity contribution in [1.82, 2.24) is 9.78 Å². The van der Waals surface area contributed by atoms with E-state index in [-0.39, 0.29) is 6.04 Å². The Hall–Kier alpha value is -1.39. The quantitative estimate of drug-likeness (QED) is 0.927. The summed E-state index contributed by atoms with van der Waals surface area (Å²) >= 11 is 5.73. The number of halogens is 2. The molecule has 0 amide bonds. The molecule has 0 saturated heterocycles. The lowest BCUT2D eigenvalue weighted by Gasteiger charge is -2.17. The summed E-state index contributed by atoms with van der Waals surface area (Å²) in [7, 11) is 0. The highest BCUT2D eigenvalue weighted by Gasteiger charge is 2.18. The fraction of sp³-hybridized carbons (Fsp3) is 0.308. The molecule has 0 aliphatic heterocycles. The lowest BCUT2D eigenvalue weighted by molar-refractivity contribution is 0.494. The molecule has 3 nitrogen and oxygen atoms in total. The van der Waals surface area contributed by atoms with E-state index in [0.717, 1.165) is 5.69 Å². The minimum Gasteiger partial charge on any atom is -0.319 e. The van der Waals surface area contributed by atoms with Crippen LogP contribution in [0, 0.1) is 5.82 Å². The van der Waals surface area contributed by atoms with Gasteiger partial charge in [-0.3, -0.25) is 4.68 Å². The zero-order chi connectivity index (χ0) is 13.3. The first-order valence-electron chi connectivity index (χ1n) is 5.74. The SMILES string of the molecule is CC(C)n1nccc1C(N)c1ccc(Cl)cc1F. The lowest BCUT2D eigenvalue weighted by Crippen LogP contribution is -2.19. The van der Waals surface area contributed by atoms with Crippen LogP contribution in [0.25, 0.3) is 0 Å². The Morgan fingerprint density at radius 2 is 2.06 bits per heavy atom. The van der Waals surface area contributed by atoms with E-state index in [9.17, 15) is 4.39 Å². The van der Waals surface area contributed by atoms with Crippen molar-refractivity contribution < 1.29 is 4.39 Å². The zero-order valence-corrected chi connectivity index (χ0v) is 11.0. The molecule has 2 rings (SSSR count). The topological polar surface area (TPSA) is 43.8 Å². The van der Waals surface area contributed by atoms with E-state index in [1.807, 2.05) is 13.8 Å². The minimum absolute atomic E-state index is 0.177. The summed E-state index contributed by atoms with van der Waals surface area (Å²) in [6, 6.07) is 5.95. The van der Waals surface area contributed by atoms with Gasteiger partial charge in [0.05, 0.1) is 11.7 Å². The first kappa shape index (κ1) is 13.1. The maximum atomic E-state index is 13.8. The molecule has 0 aliphatic rings. The van der Waals surface area contributed by atoms with Crippen molar-refractivity contribution in [2.75, 3.05) is 0 Å². The van der Waals surface area contributed by atoms with Crippen LogP contribution in [-0.4, -0.2) is 9.78 Å². The predicted molar refractivity (Wildman–Crippen MR) is 70.1 cm³/mol. The van der Waals surface area contributed by atoms with Gasteiger partial charge in [0, 0.05) is 22.8 Å². The van der Waals surface area contributed by atoms with Crippen LogP contribution in [0.4, 0.5) is 4.39 Å². The maximum absolute atomic E-state index is 13.8. The normalized spacial score (nSPS) is 13.0. The van der Waals surface area contributed by atoms with Crippen LogP contribution >= 0.6 is 11.6 Å². The minimum atomic E-state index is -0.549. The highest BCUT2D eigenvalue weighted by atomic mass is 35.5. The Bertz CT molecular complexity index is 551. The standard InChI is InChI=1S/C13H15ClFN3/c1-8(2)18-12(5-6-17-18)13(16)10-4-3-9(14)7-11(10)15/h3-8,13H,16H2,1-2H3. The van der Waals surface area contributed by atoms with Gasteiger partial charge in [-0.15, -0.1) is 0 Å². The molecule has 0 aliphatic carbocycles. The first-order valence-corrected chi connectivity index (χ1v) is 6.12. The van der Waals surface area contributed by atoms with Crippen LogP contribution in [-0.2, 0) is 0 Å². The number of hydrogen-bond acceptors (Lipinski definition) is 2. The van der Waals surface area contributed by atoms with Gasteiger partial charge < -0.3 is 5.73 Å². The predicted octanol–water partition coefficient (Wildman–Crippen LogP) is 3.30. The molecule has 1 unspecified atom stereocenters. The van der Waals surface area contributed by atoms with Gasteiger partial charge in [0.25, 0.3) is 0 Å². The van der Waals surface area contributed by atoms with Crippen molar-refractivity contribution >= 4 is 11.6 Å². The van der Waals surface area contributed by atoms with E-state index in [1.54, 1.807) is 29.1 Å². The molecule has 96 valence electrons. The maximum Gasteiger partial charge on any atom is 0.129 e. The van der Waals surface area contributed by atoms with Gasteiger partial charge in [-0.05, 0) is 32.0 Å². The summed E-state index contributed by atoms with van der Waals surface area (Å²) in [5, 5.41) is 4.56. The van der Waals surface area contributed by atoms with Crippen LogP contribution < -0.4 is 5.73 Å². The number of benzene rings is 1. The highest BCUT2D eigenvalue weighted by molar-refractivity contribution is 6.30. The molecular weight excluding hydrogens is 253 g/mol. The van der Waals surface area contributed by atoms with E-state index < -0.39 is 11.9 Å². The van der Waals surface area contributed by atoms with E-state index in [2.05, 4.69) is 5.10 Å². The summed E-state index contributed by atoms with van der Waals surface area (Å²) in [5.74, 6) is -0.397. The summed E-state index contributed by atoms with van der Waals surface area (Å²) in [6.07, 6.45) is 1.67. The molecule has 1 atom stereocenters. The van der Waals surface area contributed by atoms with E-state index in [0.29, 0.717) is 10.6 Å².